The summed E-state index contributed by atoms with van der Waals surface area (Å²) in [6.07, 6.45) is 1.86. The molecule has 1 heterocycles. The minimum atomic E-state index is 0.0226. The van der Waals surface area contributed by atoms with Gasteiger partial charge in [-0.05, 0) is 39.3 Å². The molecule has 3 heteroatoms. The average molecular weight is 234 g/mol. The van der Waals surface area contributed by atoms with Crippen molar-refractivity contribution in [3.8, 4) is 0 Å². The van der Waals surface area contributed by atoms with E-state index in [0.29, 0.717) is 6.04 Å². The number of anilines is 1. The first-order valence-electron chi connectivity index (χ1n) is 5.96. The monoisotopic (exact) mass is 234 g/mol. The number of rotatable bonds is 5. The Balaban J connectivity index is 3.29. The van der Waals surface area contributed by atoms with Crippen LogP contribution in [0.2, 0.25) is 0 Å². The molecular formula is C14H22N2O. The standard InChI is InChI=1S/C14H22N2O/c1-6-7-16(10(2)3)14-13(9-17)11(4)8-12(5)15-14/h6,8,10,17H,1,7,9H2,2-5H3. The zero-order valence-corrected chi connectivity index (χ0v) is 11.2. The van der Waals surface area contributed by atoms with Gasteiger partial charge in [0.2, 0.25) is 0 Å². The Kier molecular flexibility index (Phi) is 4.70. The summed E-state index contributed by atoms with van der Waals surface area (Å²) in [5.74, 6) is 0.875. The van der Waals surface area contributed by atoms with Crippen LogP contribution in [0.3, 0.4) is 0 Å². The molecule has 0 aromatic carbocycles. The quantitative estimate of drug-likeness (QED) is 0.796. The zero-order chi connectivity index (χ0) is 13.0. The molecule has 0 fully saturated rings. The minimum absolute atomic E-state index is 0.0226. The Labute approximate surface area is 104 Å². The fourth-order valence-corrected chi connectivity index (χ4v) is 1.96. The van der Waals surface area contributed by atoms with Crippen LogP contribution >= 0.6 is 0 Å². The molecule has 1 N–H and O–H groups in total. The van der Waals surface area contributed by atoms with E-state index in [1.165, 1.54) is 0 Å². The zero-order valence-electron chi connectivity index (χ0n) is 11.2. The van der Waals surface area contributed by atoms with E-state index >= 15 is 0 Å². The molecule has 0 saturated heterocycles. The van der Waals surface area contributed by atoms with E-state index in [1.54, 1.807) is 0 Å². The van der Waals surface area contributed by atoms with E-state index in [2.05, 4.69) is 30.3 Å². The van der Waals surface area contributed by atoms with Crippen LogP contribution in [0.25, 0.3) is 0 Å². The first-order valence-corrected chi connectivity index (χ1v) is 5.96. The van der Waals surface area contributed by atoms with Gasteiger partial charge < -0.3 is 10.0 Å². The topological polar surface area (TPSA) is 36.4 Å². The second kappa shape index (κ2) is 5.82. The van der Waals surface area contributed by atoms with Gasteiger partial charge in [-0.3, -0.25) is 0 Å². The molecule has 0 unspecified atom stereocenters. The summed E-state index contributed by atoms with van der Waals surface area (Å²) in [7, 11) is 0. The van der Waals surface area contributed by atoms with Gasteiger partial charge in [0.15, 0.2) is 0 Å². The van der Waals surface area contributed by atoms with Crippen LogP contribution in [-0.4, -0.2) is 22.7 Å². The lowest BCUT2D eigenvalue weighted by Crippen LogP contribution is -2.33. The smallest absolute Gasteiger partial charge is 0.135 e. The Morgan fingerprint density at radius 1 is 1.47 bits per heavy atom. The van der Waals surface area contributed by atoms with E-state index in [9.17, 15) is 5.11 Å². The molecule has 0 radical (unpaired) electrons. The number of aryl methyl sites for hydroxylation is 2. The van der Waals surface area contributed by atoms with E-state index in [1.807, 2.05) is 26.0 Å². The van der Waals surface area contributed by atoms with Gasteiger partial charge in [-0.25, -0.2) is 4.98 Å². The van der Waals surface area contributed by atoms with Crippen LogP contribution in [0.5, 0.6) is 0 Å². The van der Waals surface area contributed by atoms with Gasteiger partial charge in [-0.15, -0.1) is 6.58 Å². The largest absolute Gasteiger partial charge is 0.392 e. The van der Waals surface area contributed by atoms with Crippen molar-refractivity contribution < 1.29 is 5.11 Å². The third-order valence-corrected chi connectivity index (χ3v) is 2.83. The molecule has 94 valence electrons. The molecular weight excluding hydrogens is 212 g/mol. The van der Waals surface area contributed by atoms with Gasteiger partial charge >= 0.3 is 0 Å². The fraction of sp³-hybridized carbons (Fsp3) is 0.500. The molecule has 0 aliphatic heterocycles. The Morgan fingerprint density at radius 3 is 2.59 bits per heavy atom. The summed E-state index contributed by atoms with van der Waals surface area (Å²) in [4.78, 5) is 6.71. The predicted molar refractivity (Wildman–Crippen MR) is 72.3 cm³/mol. The highest BCUT2D eigenvalue weighted by Crippen LogP contribution is 2.24. The van der Waals surface area contributed by atoms with Crippen molar-refractivity contribution in [3.05, 3.63) is 35.5 Å². The molecule has 1 aromatic rings. The highest BCUT2D eigenvalue weighted by Gasteiger charge is 2.16. The van der Waals surface area contributed by atoms with Gasteiger partial charge in [0, 0.05) is 23.8 Å². The average Bonchev–Trinajstić information content (AvgIpc) is 2.24. The number of aliphatic hydroxyl groups excluding tert-OH is 1. The van der Waals surface area contributed by atoms with Crippen molar-refractivity contribution >= 4 is 5.82 Å². The van der Waals surface area contributed by atoms with E-state index in [4.69, 9.17) is 0 Å². The minimum Gasteiger partial charge on any atom is -0.392 e. The third kappa shape index (κ3) is 3.07. The normalized spacial score (nSPS) is 10.7. The molecule has 3 nitrogen and oxygen atoms in total. The van der Waals surface area contributed by atoms with Crippen LogP contribution in [0.4, 0.5) is 5.82 Å². The van der Waals surface area contributed by atoms with Gasteiger partial charge in [-0.2, -0.15) is 0 Å². The van der Waals surface area contributed by atoms with Gasteiger partial charge in [0.05, 0.1) is 6.61 Å². The third-order valence-electron chi connectivity index (χ3n) is 2.83. The second-order valence-electron chi connectivity index (χ2n) is 4.58. The first-order chi connectivity index (χ1) is 8.01. The van der Waals surface area contributed by atoms with E-state index in [0.717, 1.165) is 29.2 Å². The Bertz CT molecular complexity index is 399. The molecule has 0 saturated carbocycles. The SMILES string of the molecule is C=CCN(c1nc(C)cc(C)c1CO)C(C)C. The summed E-state index contributed by atoms with van der Waals surface area (Å²) >= 11 is 0. The van der Waals surface area contributed by atoms with Crippen LogP contribution in [0.15, 0.2) is 18.7 Å². The lowest BCUT2D eigenvalue weighted by atomic mass is 10.1. The summed E-state index contributed by atoms with van der Waals surface area (Å²) in [6, 6.07) is 2.33. The highest BCUT2D eigenvalue weighted by atomic mass is 16.3. The predicted octanol–water partition coefficient (Wildman–Crippen LogP) is 2.59. The van der Waals surface area contributed by atoms with Gasteiger partial charge in [0.1, 0.15) is 5.82 Å². The summed E-state index contributed by atoms with van der Waals surface area (Å²) in [6.45, 7) is 12.8. The van der Waals surface area contributed by atoms with Crippen LogP contribution in [0, 0.1) is 13.8 Å². The lowest BCUT2D eigenvalue weighted by Gasteiger charge is -2.29. The second-order valence-corrected chi connectivity index (χ2v) is 4.58. The maximum Gasteiger partial charge on any atom is 0.135 e. The molecule has 1 rings (SSSR count). The molecule has 17 heavy (non-hydrogen) atoms. The first kappa shape index (κ1) is 13.7. The van der Waals surface area contributed by atoms with Crippen LogP contribution in [-0.2, 0) is 6.61 Å². The Hall–Kier alpha value is -1.35. The molecule has 1 aromatic heterocycles. The van der Waals surface area contributed by atoms with Crippen molar-refractivity contribution in [1.82, 2.24) is 4.98 Å². The van der Waals surface area contributed by atoms with Crippen molar-refractivity contribution in [1.29, 1.82) is 0 Å². The molecule has 0 aliphatic rings. The lowest BCUT2D eigenvalue weighted by molar-refractivity contribution is 0.280. The number of pyridine rings is 1. The van der Waals surface area contributed by atoms with Gasteiger partial charge in [0.25, 0.3) is 0 Å². The summed E-state index contributed by atoms with van der Waals surface area (Å²) in [5.41, 5.74) is 2.97. The molecule has 0 spiro atoms. The van der Waals surface area contributed by atoms with Crippen LogP contribution < -0.4 is 4.90 Å². The van der Waals surface area contributed by atoms with Crippen molar-refractivity contribution in [2.75, 3.05) is 11.4 Å². The number of nitrogens with zero attached hydrogens (tertiary/aromatic N) is 2. The van der Waals surface area contributed by atoms with E-state index in [-0.39, 0.29) is 6.61 Å². The Morgan fingerprint density at radius 2 is 2.12 bits per heavy atom. The number of aliphatic hydroxyl groups is 1. The maximum atomic E-state index is 9.50. The molecule has 0 amide bonds. The fourth-order valence-electron chi connectivity index (χ4n) is 1.96. The molecule has 0 atom stereocenters. The molecule has 0 bridgehead atoms. The van der Waals surface area contributed by atoms with Gasteiger partial charge in [-0.1, -0.05) is 6.08 Å². The van der Waals surface area contributed by atoms with Crippen molar-refractivity contribution in [2.45, 2.75) is 40.3 Å². The highest BCUT2D eigenvalue weighted by molar-refractivity contribution is 5.52. The van der Waals surface area contributed by atoms with Crippen molar-refractivity contribution in [2.24, 2.45) is 0 Å². The number of hydrogen-bond acceptors (Lipinski definition) is 3. The molecule has 0 aliphatic carbocycles. The number of aromatic nitrogens is 1. The summed E-state index contributed by atoms with van der Waals surface area (Å²) in [5, 5.41) is 9.50. The van der Waals surface area contributed by atoms with Crippen molar-refractivity contribution in [3.63, 3.8) is 0 Å². The maximum absolute atomic E-state index is 9.50. The van der Waals surface area contributed by atoms with E-state index < -0.39 is 0 Å². The summed E-state index contributed by atoms with van der Waals surface area (Å²) < 4.78 is 0. The van der Waals surface area contributed by atoms with Crippen LogP contribution in [0.1, 0.15) is 30.7 Å². The number of hydrogen-bond donors (Lipinski definition) is 1.